The number of aryl methyl sites for hydroxylation is 2. The summed E-state index contributed by atoms with van der Waals surface area (Å²) in [5.41, 5.74) is 3.75. The minimum Gasteiger partial charge on any atom is -0.493 e. The molecule has 2 fully saturated rings. The van der Waals surface area contributed by atoms with Crippen LogP contribution >= 0.6 is 11.8 Å². The fourth-order valence-electron chi connectivity index (χ4n) is 4.32. The van der Waals surface area contributed by atoms with Crippen LogP contribution in [0.5, 0.6) is 11.5 Å². The van der Waals surface area contributed by atoms with E-state index < -0.39 is 9.84 Å². The Morgan fingerprint density at radius 2 is 1.78 bits per heavy atom. The highest BCUT2D eigenvalue weighted by Gasteiger charge is 2.49. The second-order valence-electron chi connectivity index (χ2n) is 8.07. The zero-order chi connectivity index (χ0) is 23.0. The number of carbonyl (C=O) groups is 1. The highest BCUT2D eigenvalue weighted by Crippen LogP contribution is 2.43. The molecular formula is C23H26N2O5S2. The Bertz CT molecular complexity index is 1170. The number of amidine groups is 1. The Morgan fingerprint density at radius 1 is 1.09 bits per heavy atom. The molecule has 0 unspecified atom stereocenters. The fourth-order valence-corrected chi connectivity index (χ4v) is 8.24. The number of benzene rings is 2. The molecule has 2 heterocycles. The summed E-state index contributed by atoms with van der Waals surface area (Å²) in [6.07, 6.45) is 0.110. The smallest absolute Gasteiger partial charge is 0.252 e. The van der Waals surface area contributed by atoms with E-state index in [4.69, 9.17) is 9.47 Å². The minimum atomic E-state index is -3.12. The third kappa shape index (κ3) is 4.36. The summed E-state index contributed by atoms with van der Waals surface area (Å²) in [5.74, 6) is 1.03. The van der Waals surface area contributed by atoms with Crippen molar-refractivity contribution >= 4 is 38.4 Å². The second kappa shape index (κ2) is 8.78. The molecule has 2 aromatic rings. The minimum absolute atomic E-state index is 0.0708. The number of amides is 1. The van der Waals surface area contributed by atoms with E-state index in [2.05, 4.69) is 4.99 Å². The van der Waals surface area contributed by atoms with Gasteiger partial charge in [-0.15, -0.1) is 0 Å². The van der Waals surface area contributed by atoms with E-state index in [9.17, 15) is 13.2 Å². The van der Waals surface area contributed by atoms with Gasteiger partial charge in [-0.1, -0.05) is 36.0 Å². The number of para-hydroxylation sites is 1. The van der Waals surface area contributed by atoms with Gasteiger partial charge in [-0.25, -0.2) is 8.42 Å². The Balaban J connectivity index is 1.66. The number of nitrogens with zero attached hydrogens (tertiary/aromatic N) is 2. The van der Waals surface area contributed by atoms with Crippen LogP contribution in [0.15, 0.2) is 41.4 Å². The molecule has 2 aliphatic rings. The number of carbonyl (C=O) groups excluding carboxylic acids is 1. The van der Waals surface area contributed by atoms with E-state index in [1.807, 2.05) is 43.0 Å². The first-order valence-electron chi connectivity index (χ1n) is 10.3. The zero-order valence-corrected chi connectivity index (χ0v) is 20.1. The van der Waals surface area contributed by atoms with E-state index in [0.29, 0.717) is 16.7 Å². The Labute approximate surface area is 192 Å². The van der Waals surface area contributed by atoms with Crippen LogP contribution in [0.2, 0.25) is 0 Å². The molecule has 1 amide bonds. The van der Waals surface area contributed by atoms with Crippen molar-refractivity contribution in [3.63, 3.8) is 0 Å². The molecule has 0 aromatic heterocycles. The summed E-state index contributed by atoms with van der Waals surface area (Å²) in [4.78, 5) is 19.3. The van der Waals surface area contributed by atoms with Crippen LogP contribution in [0.3, 0.4) is 0 Å². The predicted octanol–water partition coefficient (Wildman–Crippen LogP) is 3.16. The number of fused-ring (bicyclic) bond motifs is 1. The van der Waals surface area contributed by atoms with Crippen molar-refractivity contribution in [1.82, 2.24) is 0 Å². The lowest BCUT2D eigenvalue weighted by Crippen LogP contribution is -2.38. The van der Waals surface area contributed by atoms with Crippen LogP contribution in [0.4, 0.5) is 5.69 Å². The maximum Gasteiger partial charge on any atom is 0.252 e. The SMILES string of the molecule is COc1ccc(CC(=O)N=C2S[C@H]3CS(=O)(=O)C[C@H]3N2c2c(C)cccc2C)cc1OC. The maximum absolute atomic E-state index is 12.9. The van der Waals surface area contributed by atoms with Crippen LogP contribution in [-0.2, 0) is 21.1 Å². The quantitative estimate of drug-likeness (QED) is 0.658. The van der Waals surface area contributed by atoms with Crippen molar-refractivity contribution in [1.29, 1.82) is 0 Å². The van der Waals surface area contributed by atoms with Gasteiger partial charge >= 0.3 is 0 Å². The molecule has 0 radical (unpaired) electrons. The molecule has 170 valence electrons. The lowest BCUT2D eigenvalue weighted by Gasteiger charge is -2.28. The topological polar surface area (TPSA) is 85.3 Å². The van der Waals surface area contributed by atoms with Gasteiger partial charge in [0.2, 0.25) is 0 Å². The first kappa shape index (κ1) is 22.7. The number of methoxy groups -OCH3 is 2. The lowest BCUT2D eigenvalue weighted by molar-refractivity contribution is -0.117. The molecule has 0 saturated carbocycles. The van der Waals surface area contributed by atoms with Gasteiger partial charge in [0.15, 0.2) is 26.5 Å². The van der Waals surface area contributed by atoms with Crippen molar-refractivity contribution in [2.75, 3.05) is 30.6 Å². The number of hydrogen-bond acceptors (Lipinski definition) is 6. The van der Waals surface area contributed by atoms with E-state index in [0.717, 1.165) is 22.4 Å². The van der Waals surface area contributed by atoms with E-state index >= 15 is 0 Å². The van der Waals surface area contributed by atoms with Crippen LogP contribution in [0, 0.1) is 13.8 Å². The van der Waals surface area contributed by atoms with E-state index in [-0.39, 0.29) is 35.1 Å². The highest BCUT2D eigenvalue weighted by atomic mass is 32.2. The van der Waals surface area contributed by atoms with Gasteiger partial charge in [-0.3, -0.25) is 4.79 Å². The third-order valence-corrected chi connectivity index (χ3v) is 8.98. The Kier molecular flexibility index (Phi) is 6.22. The predicted molar refractivity (Wildman–Crippen MR) is 128 cm³/mol. The summed E-state index contributed by atoms with van der Waals surface area (Å²) in [5, 5.41) is 0.435. The number of rotatable bonds is 5. The molecule has 7 nitrogen and oxygen atoms in total. The number of ether oxygens (including phenoxy) is 2. The largest absolute Gasteiger partial charge is 0.493 e. The Hall–Kier alpha value is -2.52. The van der Waals surface area contributed by atoms with Gasteiger partial charge in [0, 0.05) is 10.9 Å². The summed E-state index contributed by atoms with van der Waals surface area (Å²) < 4.78 is 35.2. The maximum atomic E-state index is 12.9. The number of anilines is 1. The molecule has 9 heteroatoms. The van der Waals surface area contributed by atoms with Gasteiger partial charge < -0.3 is 14.4 Å². The van der Waals surface area contributed by atoms with Crippen LogP contribution < -0.4 is 14.4 Å². The van der Waals surface area contributed by atoms with Gasteiger partial charge in [0.25, 0.3) is 5.91 Å². The van der Waals surface area contributed by atoms with Gasteiger partial charge in [-0.2, -0.15) is 4.99 Å². The van der Waals surface area contributed by atoms with Crippen molar-refractivity contribution in [2.45, 2.75) is 31.6 Å². The molecule has 0 aliphatic carbocycles. The summed E-state index contributed by atoms with van der Waals surface area (Å²) in [6.45, 7) is 3.99. The zero-order valence-electron chi connectivity index (χ0n) is 18.5. The van der Waals surface area contributed by atoms with Gasteiger partial charge in [-0.05, 0) is 42.7 Å². The lowest BCUT2D eigenvalue weighted by atomic mass is 10.1. The van der Waals surface area contributed by atoms with Crippen molar-refractivity contribution < 1.29 is 22.7 Å². The van der Waals surface area contributed by atoms with Crippen LogP contribution in [0.25, 0.3) is 0 Å². The summed E-state index contributed by atoms with van der Waals surface area (Å²) >= 11 is 1.39. The Morgan fingerprint density at radius 3 is 2.44 bits per heavy atom. The number of hydrogen-bond donors (Lipinski definition) is 0. The van der Waals surface area contributed by atoms with Crippen LogP contribution in [0.1, 0.15) is 16.7 Å². The molecule has 2 saturated heterocycles. The van der Waals surface area contributed by atoms with Crippen molar-refractivity contribution in [3.8, 4) is 11.5 Å². The molecule has 0 spiro atoms. The van der Waals surface area contributed by atoms with Crippen molar-refractivity contribution in [3.05, 3.63) is 53.1 Å². The molecular weight excluding hydrogens is 448 g/mol. The average molecular weight is 475 g/mol. The van der Waals surface area contributed by atoms with Crippen LogP contribution in [-0.4, -0.2) is 56.5 Å². The molecule has 0 N–H and O–H groups in total. The fraction of sp³-hybridized carbons (Fsp3) is 0.391. The van der Waals surface area contributed by atoms with E-state index in [1.54, 1.807) is 26.4 Å². The standard InChI is InChI=1S/C23H26N2O5S2/c1-14-6-5-7-15(2)22(14)25-17-12-32(27,28)13-20(17)31-23(25)24-21(26)11-16-8-9-18(29-3)19(10-16)30-4/h5-10,17,20H,11-13H2,1-4H3/t17-,20+/m1/s1. The second-order valence-corrected chi connectivity index (χ2v) is 11.4. The highest BCUT2D eigenvalue weighted by molar-refractivity contribution is 8.16. The van der Waals surface area contributed by atoms with Crippen molar-refractivity contribution in [2.24, 2.45) is 4.99 Å². The number of thioether (sulfide) groups is 1. The van der Waals surface area contributed by atoms with Gasteiger partial charge in [0.1, 0.15) is 0 Å². The molecule has 2 aromatic carbocycles. The summed E-state index contributed by atoms with van der Waals surface area (Å²) in [6, 6.07) is 11.1. The molecule has 0 bridgehead atoms. The molecule has 2 atom stereocenters. The third-order valence-electron chi connectivity index (χ3n) is 5.77. The number of sulfone groups is 1. The number of aliphatic imine (C=N–C) groups is 1. The molecule has 2 aliphatic heterocycles. The first-order chi connectivity index (χ1) is 15.2. The molecule has 32 heavy (non-hydrogen) atoms. The van der Waals surface area contributed by atoms with Gasteiger partial charge in [0.05, 0.1) is 38.2 Å². The average Bonchev–Trinajstić information content (AvgIpc) is 3.19. The normalized spacial score (nSPS) is 22.8. The molecule has 4 rings (SSSR count). The monoisotopic (exact) mass is 474 g/mol. The first-order valence-corrected chi connectivity index (χ1v) is 13.0. The van der Waals surface area contributed by atoms with E-state index in [1.165, 1.54) is 11.8 Å². The summed E-state index contributed by atoms with van der Waals surface area (Å²) in [7, 11) is -0.00472.